The van der Waals surface area contributed by atoms with Gasteiger partial charge in [0.15, 0.2) is 5.92 Å². The van der Waals surface area contributed by atoms with Crippen LogP contribution in [0.4, 0.5) is 0 Å². The normalized spacial score (nSPS) is 20.2. The van der Waals surface area contributed by atoms with Crippen LogP contribution in [-0.2, 0) is 19.1 Å². The summed E-state index contributed by atoms with van der Waals surface area (Å²) in [7, 11) is 0. The molecule has 0 N–H and O–H groups in total. The van der Waals surface area contributed by atoms with E-state index in [9.17, 15) is 9.59 Å². The molecule has 164 valence electrons. The summed E-state index contributed by atoms with van der Waals surface area (Å²) in [6, 6.07) is 19.4. The molecule has 0 amide bonds. The lowest BCUT2D eigenvalue weighted by Gasteiger charge is -2.34. The fourth-order valence-corrected chi connectivity index (χ4v) is 6.61. The number of rotatable bonds is 6. The topological polar surface area (TPSA) is 52.6 Å². The first kappa shape index (κ1) is 21.0. The largest absolute Gasteiger partial charge is 0.465 e. The minimum Gasteiger partial charge on any atom is -0.465 e. The van der Waals surface area contributed by atoms with Gasteiger partial charge in [-0.1, -0.05) is 48.5 Å². The first-order chi connectivity index (χ1) is 15.7. The van der Waals surface area contributed by atoms with Gasteiger partial charge in [0, 0.05) is 16.7 Å². The van der Waals surface area contributed by atoms with Gasteiger partial charge in [0.25, 0.3) is 0 Å². The molecule has 3 aromatic rings. The zero-order valence-electron chi connectivity index (χ0n) is 18.2. The predicted octanol–water partition coefficient (Wildman–Crippen LogP) is 5.60. The first-order valence-corrected chi connectivity index (χ1v) is 12.1. The summed E-state index contributed by atoms with van der Waals surface area (Å²) in [6.45, 7) is 3.99. The van der Waals surface area contributed by atoms with Crippen LogP contribution in [0.2, 0.25) is 0 Å². The van der Waals surface area contributed by atoms with Gasteiger partial charge in [0.2, 0.25) is 0 Å². The third kappa shape index (κ3) is 3.27. The van der Waals surface area contributed by atoms with E-state index in [2.05, 4.69) is 60.0 Å². The summed E-state index contributed by atoms with van der Waals surface area (Å²) in [5, 5.41) is 2.13. The Balaban J connectivity index is 1.68. The number of esters is 2. The van der Waals surface area contributed by atoms with E-state index in [4.69, 9.17) is 9.47 Å². The van der Waals surface area contributed by atoms with Gasteiger partial charge in [-0.15, -0.1) is 11.3 Å². The SMILES string of the molecule is CCOC(=O)C(CC1c2ccsc2C2c3ccccc3C1c1ccccc12)C(=O)OCC. The van der Waals surface area contributed by atoms with Crippen LogP contribution in [0.1, 0.15) is 70.7 Å². The second kappa shape index (κ2) is 8.55. The maximum absolute atomic E-state index is 12.8. The third-order valence-corrected chi connectivity index (χ3v) is 7.70. The maximum Gasteiger partial charge on any atom is 0.320 e. The van der Waals surface area contributed by atoms with Gasteiger partial charge >= 0.3 is 11.9 Å². The molecule has 1 aromatic heterocycles. The molecule has 5 heteroatoms. The summed E-state index contributed by atoms with van der Waals surface area (Å²) in [5.41, 5.74) is 6.46. The molecule has 0 fully saturated rings. The molecule has 3 aliphatic carbocycles. The highest BCUT2D eigenvalue weighted by atomic mass is 32.1. The number of benzene rings is 2. The molecular formula is C27H26O4S. The molecule has 2 bridgehead atoms. The van der Waals surface area contributed by atoms with Crippen molar-refractivity contribution in [1.82, 2.24) is 0 Å². The highest BCUT2D eigenvalue weighted by Gasteiger charge is 2.46. The highest BCUT2D eigenvalue weighted by Crippen LogP contribution is 2.58. The molecule has 32 heavy (non-hydrogen) atoms. The Hall–Kier alpha value is -2.92. The van der Waals surface area contributed by atoms with Crippen LogP contribution >= 0.6 is 11.3 Å². The molecule has 0 saturated heterocycles. The van der Waals surface area contributed by atoms with Crippen molar-refractivity contribution >= 4 is 23.3 Å². The molecule has 6 rings (SSSR count). The Morgan fingerprint density at radius 2 is 1.34 bits per heavy atom. The van der Waals surface area contributed by atoms with Gasteiger partial charge in [-0.3, -0.25) is 9.59 Å². The van der Waals surface area contributed by atoms with E-state index in [1.54, 1.807) is 25.2 Å². The van der Waals surface area contributed by atoms with Crippen LogP contribution in [0.5, 0.6) is 0 Å². The minimum atomic E-state index is -0.941. The fourth-order valence-electron chi connectivity index (χ4n) is 5.51. The minimum absolute atomic E-state index is 0.0233. The molecule has 4 nitrogen and oxygen atoms in total. The van der Waals surface area contributed by atoms with Crippen molar-refractivity contribution in [3.05, 3.63) is 92.7 Å². The lowest BCUT2D eigenvalue weighted by molar-refractivity contribution is -0.162. The first-order valence-electron chi connectivity index (χ1n) is 11.2. The molecule has 0 aliphatic heterocycles. The molecule has 3 aliphatic rings. The average Bonchev–Trinajstić information content (AvgIpc) is 3.20. The number of hydrogen-bond acceptors (Lipinski definition) is 5. The molecule has 1 heterocycles. The van der Waals surface area contributed by atoms with Crippen molar-refractivity contribution in [3.63, 3.8) is 0 Å². The van der Waals surface area contributed by atoms with Gasteiger partial charge in [0.05, 0.1) is 13.2 Å². The Bertz CT molecular complexity index is 1100. The van der Waals surface area contributed by atoms with Gasteiger partial charge in [0.1, 0.15) is 0 Å². The van der Waals surface area contributed by atoms with E-state index in [-0.39, 0.29) is 31.0 Å². The summed E-state index contributed by atoms with van der Waals surface area (Å²) in [4.78, 5) is 27.0. The van der Waals surface area contributed by atoms with Gasteiger partial charge in [-0.05, 0) is 65.4 Å². The van der Waals surface area contributed by atoms with Crippen LogP contribution in [0.15, 0.2) is 60.0 Å². The Kier molecular flexibility index (Phi) is 5.60. The van der Waals surface area contributed by atoms with Crippen LogP contribution in [0.3, 0.4) is 0 Å². The zero-order valence-corrected chi connectivity index (χ0v) is 19.1. The summed E-state index contributed by atoms with van der Waals surface area (Å²) in [5.74, 6) is -1.71. The Labute approximate surface area is 192 Å². The van der Waals surface area contributed by atoms with Gasteiger partial charge in [-0.2, -0.15) is 0 Å². The number of carbonyl (C=O) groups excluding carboxylic acids is 2. The van der Waals surface area contributed by atoms with E-state index in [1.165, 1.54) is 32.7 Å². The number of carbonyl (C=O) groups is 2. The van der Waals surface area contributed by atoms with E-state index < -0.39 is 17.9 Å². The number of ether oxygens (including phenoxy) is 2. The molecular weight excluding hydrogens is 420 g/mol. The highest BCUT2D eigenvalue weighted by molar-refractivity contribution is 7.10. The fraction of sp³-hybridized carbons (Fsp3) is 0.333. The molecule has 1 unspecified atom stereocenters. The van der Waals surface area contributed by atoms with Crippen molar-refractivity contribution in [2.75, 3.05) is 13.2 Å². The quantitative estimate of drug-likeness (QED) is 0.365. The zero-order chi connectivity index (χ0) is 22.2. The molecule has 1 atom stereocenters. The molecule has 0 radical (unpaired) electrons. The lowest BCUT2D eigenvalue weighted by Crippen LogP contribution is -2.31. The predicted molar refractivity (Wildman–Crippen MR) is 124 cm³/mol. The lowest BCUT2D eigenvalue weighted by atomic mass is 9.69. The summed E-state index contributed by atoms with van der Waals surface area (Å²) in [6.07, 6.45) is 0.363. The second-order valence-corrected chi connectivity index (χ2v) is 9.26. The maximum atomic E-state index is 12.8. The Morgan fingerprint density at radius 3 is 1.88 bits per heavy atom. The van der Waals surface area contributed by atoms with Crippen molar-refractivity contribution in [1.29, 1.82) is 0 Å². The number of thiophene rings is 1. The van der Waals surface area contributed by atoms with Crippen molar-refractivity contribution < 1.29 is 19.1 Å². The van der Waals surface area contributed by atoms with Crippen LogP contribution < -0.4 is 0 Å². The Morgan fingerprint density at radius 1 is 0.812 bits per heavy atom. The van der Waals surface area contributed by atoms with E-state index in [0.717, 1.165) is 0 Å². The third-order valence-electron chi connectivity index (χ3n) is 6.71. The van der Waals surface area contributed by atoms with E-state index in [0.29, 0.717) is 6.42 Å². The summed E-state index contributed by atoms with van der Waals surface area (Å²) >= 11 is 1.76. The van der Waals surface area contributed by atoms with Crippen LogP contribution in [0.25, 0.3) is 0 Å². The second-order valence-electron chi connectivity index (χ2n) is 8.31. The van der Waals surface area contributed by atoms with E-state index in [1.807, 2.05) is 0 Å². The summed E-state index contributed by atoms with van der Waals surface area (Å²) < 4.78 is 10.6. The molecule has 0 saturated carbocycles. The van der Waals surface area contributed by atoms with Crippen LogP contribution in [-0.4, -0.2) is 25.2 Å². The molecule has 2 aromatic carbocycles. The monoisotopic (exact) mass is 446 g/mol. The standard InChI is InChI=1S/C27H26O4S/c1-3-30-26(28)22(27(29)31-4-2)15-21-20-13-14-32-25(20)24-18-11-7-5-9-16(18)23(21)17-10-6-8-12-19(17)24/h5-14,21-24H,3-4,15H2,1-2H3. The van der Waals surface area contributed by atoms with E-state index >= 15 is 0 Å². The van der Waals surface area contributed by atoms with Crippen LogP contribution in [0, 0.1) is 5.92 Å². The van der Waals surface area contributed by atoms with Crippen molar-refractivity contribution in [3.8, 4) is 0 Å². The average molecular weight is 447 g/mol. The molecule has 0 spiro atoms. The van der Waals surface area contributed by atoms with Crippen molar-refractivity contribution in [2.45, 2.75) is 38.0 Å². The number of hydrogen-bond donors (Lipinski definition) is 0. The van der Waals surface area contributed by atoms with Gasteiger partial charge < -0.3 is 9.47 Å². The smallest absolute Gasteiger partial charge is 0.320 e. The van der Waals surface area contributed by atoms with Gasteiger partial charge in [-0.25, -0.2) is 0 Å². The van der Waals surface area contributed by atoms with Crippen molar-refractivity contribution in [2.24, 2.45) is 5.92 Å².